The first-order valence-electron chi connectivity index (χ1n) is 9.23. The minimum Gasteiger partial charge on any atom is -0.370 e. The van der Waals surface area contributed by atoms with E-state index in [1.54, 1.807) is 0 Å². The molecule has 1 atom stereocenters. The van der Waals surface area contributed by atoms with Crippen LogP contribution in [0.5, 0.6) is 0 Å². The van der Waals surface area contributed by atoms with Crippen molar-refractivity contribution in [2.45, 2.75) is 38.3 Å². The molecule has 1 unspecified atom stereocenters. The Hall–Kier alpha value is -2.66. The van der Waals surface area contributed by atoms with Gasteiger partial charge in [0.25, 0.3) is 0 Å². The van der Waals surface area contributed by atoms with E-state index in [1.807, 2.05) is 18.3 Å². The SMILES string of the molecule is NC(=O)CCc1cccc(C2CCCN2Cc2ccc3cc[nH]c3c2)n1. The van der Waals surface area contributed by atoms with Crippen LogP contribution in [0.15, 0.2) is 48.7 Å². The maximum atomic E-state index is 11.0. The van der Waals surface area contributed by atoms with Gasteiger partial charge in [-0.1, -0.05) is 18.2 Å². The van der Waals surface area contributed by atoms with Gasteiger partial charge >= 0.3 is 0 Å². The number of fused-ring (bicyclic) bond motifs is 1. The van der Waals surface area contributed by atoms with Gasteiger partial charge in [-0.05, 0) is 61.0 Å². The molecule has 3 N–H and O–H groups in total. The molecular weight excluding hydrogens is 324 g/mol. The maximum Gasteiger partial charge on any atom is 0.217 e. The molecule has 5 nitrogen and oxygen atoms in total. The zero-order chi connectivity index (χ0) is 17.9. The summed E-state index contributed by atoms with van der Waals surface area (Å²) in [4.78, 5) is 21.6. The number of carbonyl (C=O) groups excluding carboxylic acids is 1. The molecule has 4 rings (SSSR count). The number of aromatic amines is 1. The molecular formula is C21H24N4O. The summed E-state index contributed by atoms with van der Waals surface area (Å²) in [6.07, 6.45) is 5.24. The fourth-order valence-corrected chi connectivity index (χ4v) is 3.85. The predicted octanol–water partition coefficient (Wildman–Crippen LogP) is 3.32. The molecule has 134 valence electrons. The van der Waals surface area contributed by atoms with E-state index in [9.17, 15) is 4.79 Å². The van der Waals surface area contributed by atoms with Crippen LogP contribution < -0.4 is 5.73 Å². The lowest BCUT2D eigenvalue weighted by Gasteiger charge is -2.24. The summed E-state index contributed by atoms with van der Waals surface area (Å²) in [6.45, 7) is 2.01. The zero-order valence-electron chi connectivity index (χ0n) is 14.8. The summed E-state index contributed by atoms with van der Waals surface area (Å²) in [7, 11) is 0. The second kappa shape index (κ2) is 7.30. The van der Waals surface area contributed by atoms with Gasteiger partial charge in [-0.15, -0.1) is 0 Å². The molecule has 0 saturated carbocycles. The van der Waals surface area contributed by atoms with Gasteiger partial charge in [-0.2, -0.15) is 0 Å². The molecule has 1 saturated heterocycles. The van der Waals surface area contributed by atoms with Crippen LogP contribution in [0.2, 0.25) is 0 Å². The first-order chi connectivity index (χ1) is 12.7. The van der Waals surface area contributed by atoms with Gasteiger partial charge in [0.1, 0.15) is 0 Å². The van der Waals surface area contributed by atoms with Gasteiger partial charge in [0, 0.05) is 30.4 Å². The zero-order valence-corrected chi connectivity index (χ0v) is 14.8. The lowest BCUT2D eigenvalue weighted by atomic mass is 10.1. The average Bonchev–Trinajstić information content (AvgIpc) is 3.29. The van der Waals surface area contributed by atoms with Crippen molar-refractivity contribution in [1.29, 1.82) is 0 Å². The van der Waals surface area contributed by atoms with Crippen molar-refractivity contribution in [2.24, 2.45) is 5.73 Å². The molecule has 1 fully saturated rings. The van der Waals surface area contributed by atoms with Crippen molar-refractivity contribution >= 4 is 16.8 Å². The topological polar surface area (TPSA) is 75.0 Å². The molecule has 2 aromatic heterocycles. The Balaban J connectivity index is 1.50. The van der Waals surface area contributed by atoms with E-state index in [-0.39, 0.29) is 5.91 Å². The Kier molecular flexibility index (Phi) is 4.71. The molecule has 0 aliphatic carbocycles. The Bertz CT molecular complexity index is 917. The summed E-state index contributed by atoms with van der Waals surface area (Å²) >= 11 is 0. The molecule has 0 bridgehead atoms. The second-order valence-electron chi connectivity index (χ2n) is 7.05. The molecule has 3 heterocycles. The quantitative estimate of drug-likeness (QED) is 0.717. The highest BCUT2D eigenvalue weighted by Crippen LogP contribution is 2.32. The number of nitrogens with zero attached hydrogens (tertiary/aromatic N) is 2. The molecule has 1 aliphatic heterocycles. The molecule has 1 aromatic carbocycles. The predicted molar refractivity (Wildman–Crippen MR) is 102 cm³/mol. The van der Waals surface area contributed by atoms with Gasteiger partial charge in [0.15, 0.2) is 0 Å². The van der Waals surface area contributed by atoms with E-state index < -0.39 is 0 Å². The van der Waals surface area contributed by atoms with Crippen LogP contribution in [0.3, 0.4) is 0 Å². The summed E-state index contributed by atoms with van der Waals surface area (Å²) < 4.78 is 0. The van der Waals surface area contributed by atoms with Crippen molar-refractivity contribution in [1.82, 2.24) is 14.9 Å². The molecule has 0 spiro atoms. The van der Waals surface area contributed by atoms with E-state index in [0.29, 0.717) is 18.9 Å². The van der Waals surface area contributed by atoms with E-state index >= 15 is 0 Å². The molecule has 3 aromatic rings. The number of likely N-dealkylation sites (tertiary alicyclic amines) is 1. The standard InChI is InChI=1S/C21H24N4O/c22-21(26)9-8-17-3-1-4-18(24-17)20-5-2-12-25(20)14-15-6-7-16-10-11-23-19(16)13-15/h1,3-4,6-7,10-11,13,20,23H,2,5,8-9,12,14H2,(H2,22,26). The maximum absolute atomic E-state index is 11.0. The van der Waals surface area contributed by atoms with Crippen molar-refractivity contribution in [3.63, 3.8) is 0 Å². The third kappa shape index (κ3) is 3.63. The van der Waals surface area contributed by atoms with Gasteiger partial charge < -0.3 is 10.7 Å². The molecule has 1 aliphatic rings. The number of primary amides is 1. The first-order valence-corrected chi connectivity index (χ1v) is 9.23. The van der Waals surface area contributed by atoms with Crippen LogP contribution in [0, 0.1) is 0 Å². The van der Waals surface area contributed by atoms with Gasteiger partial charge in [0.05, 0.1) is 11.7 Å². The minimum atomic E-state index is -0.278. The molecule has 1 amide bonds. The summed E-state index contributed by atoms with van der Waals surface area (Å²) in [6, 6.07) is 15.2. The highest BCUT2D eigenvalue weighted by molar-refractivity contribution is 5.79. The van der Waals surface area contributed by atoms with Crippen molar-refractivity contribution < 1.29 is 4.79 Å². The van der Waals surface area contributed by atoms with Crippen LogP contribution in [0.25, 0.3) is 10.9 Å². The number of rotatable bonds is 6. The molecule has 5 heteroatoms. The number of benzene rings is 1. The number of aryl methyl sites for hydroxylation is 1. The molecule has 26 heavy (non-hydrogen) atoms. The number of amides is 1. The van der Waals surface area contributed by atoms with E-state index in [4.69, 9.17) is 10.7 Å². The largest absolute Gasteiger partial charge is 0.370 e. The highest BCUT2D eigenvalue weighted by atomic mass is 16.1. The first kappa shape index (κ1) is 16.8. The van der Waals surface area contributed by atoms with Crippen LogP contribution in [-0.2, 0) is 17.8 Å². The van der Waals surface area contributed by atoms with Crippen LogP contribution in [0.4, 0.5) is 0 Å². The second-order valence-corrected chi connectivity index (χ2v) is 7.05. The number of pyridine rings is 1. The van der Waals surface area contributed by atoms with Gasteiger partial charge in [-0.25, -0.2) is 0 Å². The Morgan fingerprint density at radius 3 is 3.08 bits per heavy atom. The van der Waals surface area contributed by atoms with Crippen LogP contribution in [0.1, 0.15) is 42.3 Å². The normalized spacial score (nSPS) is 17.8. The monoisotopic (exact) mass is 348 g/mol. The fourth-order valence-electron chi connectivity index (χ4n) is 3.85. The third-order valence-electron chi connectivity index (χ3n) is 5.17. The Morgan fingerprint density at radius 1 is 1.27 bits per heavy atom. The minimum absolute atomic E-state index is 0.278. The van der Waals surface area contributed by atoms with Crippen LogP contribution in [-0.4, -0.2) is 27.3 Å². The molecule has 0 radical (unpaired) electrons. The van der Waals surface area contributed by atoms with Crippen molar-refractivity contribution in [2.75, 3.05) is 6.54 Å². The lowest BCUT2D eigenvalue weighted by Crippen LogP contribution is -2.23. The highest BCUT2D eigenvalue weighted by Gasteiger charge is 2.27. The Labute approximate surface area is 153 Å². The fraction of sp³-hybridized carbons (Fsp3) is 0.333. The number of hydrogen-bond donors (Lipinski definition) is 2. The number of hydrogen-bond acceptors (Lipinski definition) is 3. The summed E-state index contributed by atoms with van der Waals surface area (Å²) in [5, 5.41) is 1.25. The van der Waals surface area contributed by atoms with E-state index in [1.165, 1.54) is 22.9 Å². The van der Waals surface area contributed by atoms with Gasteiger partial charge in [-0.3, -0.25) is 14.7 Å². The third-order valence-corrected chi connectivity index (χ3v) is 5.17. The average molecular weight is 348 g/mol. The van der Waals surface area contributed by atoms with Crippen LogP contribution >= 0.6 is 0 Å². The number of nitrogens with two attached hydrogens (primary N) is 1. The van der Waals surface area contributed by atoms with Gasteiger partial charge in [0.2, 0.25) is 5.91 Å². The number of aromatic nitrogens is 2. The summed E-state index contributed by atoms with van der Waals surface area (Å²) in [5.74, 6) is -0.278. The van der Waals surface area contributed by atoms with Crippen molar-refractivity contribution in [3.05, 3.63) is 65.6 Å². The van der Waals surface area contributed by atoms with Crippen molar-refractivity contribution in [3.8, 4) is 0 Å². The van der Waals surface area contributed by atoms with E-state index in [2.05, 4.69) is 40.2 Å². The number of carbonyl (C=O) groups is 1. The lowest BCUT2D eigenvalue weighted by molar-refractivity contribution is -0.118. The number of nitrogens with one attached hydrogen (secondary N) is 1. The number of H-pyrrole nitrogens is 1. The Morgan fingerprint density at radius 2 is 2.19 bits per heavy atom. The smallest absolute Gasteiger partial charge is 0.217 e. The van der Waals surface area contributed by atoms with E-state index in [0.717, 1.165) is 30.9 Å². The summed E-state index contributed by atoms with van der Waals surface area (Å²) in [5.41, 5.74) is 9.81.